The maximum atomic E-state index is 12.4. The van der Waals surface area contributed by atoms with E-state index in [0.717, 1.165) is 47.8 Å². The van der Waals surface area contributed by atoms with E-state index in [0.29, 0.717) is 10.6 Å². The number of rotatable bonds is 4. The molecule has 0 fully saturated rings. The van der Waals surface area contributed by atoms with Crippen LogP contribution in [0.5, 0.6) is 0 Å². The van der Waals surface area contributed by atoms with Gasteiger partial charge in [0.25, 0.3) is 0 Å². The second kappa shape index (κ2) is 8.45. The van der Waals surface area contributed by atoms with Crippen LogP contribution in [-0.2, 0) is 17.6 Å². The Hall–Kier alpha value is -2.84. The summed E-state index contributed by atoms with van der Waals surface area (Å²) in [5, 5.41) is 15.3. The number of aromatic nitrogens is 1. The van der Waals surface area contributed by atoms with Gasteiger partial charge in [-0.2, -0.15) is 5.26 Å². The summed E-state index contributed by atoms with van der Waals surface area (Å²) in [5.74, 6) is 0.133. The maximum Gasteiger partial charge on any atom is 0.234 e. The quantitative estimate of drug-likeness (QED) is 0.499. The molecule has 1 amide bonds. The smallest absolute Gasteiger partial charge is 0.234 e. The van der Waals surface area contributed by atoms with Gasteiger partial charge < -0.3 is 5.32 Å². The third kappa shape index (κ3) is 4.18. The molecule has 1 aliphatic rings. The van der Waals surface area contributed by atoms with E-state index in [2.05, 4.69) is 11.4 Å². The predicted molar refractivity (Wildman–Crippen MR) is 114 cm³/mol. The van der Waals surface area contributed by atoms with E-state index >= 15 is 0 Å². The first-order chi connectivity index (χ1) is 13.7. The highest BCUT2D eigenvalue weighted by atomic mass is 32.2. The third-order valence-corrected chi connectivity index (χ3v) is 6.00. The lowest BCUT2D eigenvalue weighted by Crippen LogP contribution is -2.14. The Morgan fingerprint density at radius 3 is 2.75 bits per heavy atom. The van der Waals surface area contributed by atoms with Gasteiger partial charge >= 0.3 is 0 Å². The molecular weight excluding hydrogens is 366 g/mol. The first kappa shape index (κ1) is 18.5. The van der Waals surface area contributed by atoms with E-state index in [-0.39, 0.29) is 11.7 Å². The van der Waals surface area contributed by atoms with Gasteiger partial charge in [-0.15, -0.1) is 0 Å². The summed E-state index contributed by atoms with van der Waals surface area (Å²) in [6, 6.07) is 18.1. The fourth-order valence-electron chi connectivity index (χ4n) is 3.58. The van der Waals surface area contributed by atoms with Crippen molar-refractivity contribution < 1.29 is 4.79 Å². The molecule has 0 bridgehead atoms. The number of hydrogen-bond donors (Lipinski definition) is 1. The van der Waals surface area contributed by atoms with Gasteiger partial charge in [0.05, 0.1) is 11.3 Å². The molecule has 3 aromatic rings. The zero-order chi connectivity index (χ0) is 19.3. The Labute approximate surface area is 169 Å². The first-order valence-electron chi connectivity index (χ1n) is 9.57. The van der Waals surface area contributed by atoms with Gasteiger partial charge in [0.2, 0.25) is 5.91 Å². The molecule has 0 saturated heterocycles. The SMILES string of the molecule is N#Cc1cc2c(nc1SCC(=O)Nc1ccc3ccccc3c1)CCCCC2. The molecule has 28 heavy (non-hydrogen) atoms. The molecule has 140 valence electrons. The fraction of sp³-hybridized carbons (Fsp3) is 0.261. The van der Waals surface area contributed by atoms with Crippen molar-refractivity contribution in [3.05, 3.63) is 65.4 Å². The number of carbonyl (C=O) groups is 1. The summed E-state index contributed by atoms with van der Waals surface area (Å²) in [6.07, 6.45) is 5.44. The van der Waals surface area contributed by atoms with E-state index in [4.69, 9.17) is 4.98 Å². The monoisotopic (exact) mass is 387 g/mol. The number of nitrogens with one attached hydrogen (secondary N) is 1. The second-order valence-electron chi connectivity index (χ2n) is 7.02. The summed E-state index contributed by atoms with van der Waals surface area (Å²) < 4.78 is 0. The Bertz CT molecular complexity index is 1070. The number of anilines is 1. The van der Waals surface area contributed by atoms with Crippen molar-refractivity contribution in [2.75, 3.05) is 11.1 Å². The lowest BCUT2D eigenvalue weighted by atomic mass is 10.1. The molecule has 2 aromatic carbocycles. The molecule has 1 N–H and O–H groups in total. The van der Waals surface area contributed by atoms with Crippen LogP contribution in [0.4, 0.5) is 5.69 Å². The van der Waals surface area contributed by atoms with Crippen molar-refractivity contribution in [2.45, 2.75) is 37.1 Å². The van der Waals surface area contributed by atoms with E-state index in [1.165, 1.54) is 23.7 Å². The molecule has 4 rings (SSSR count). The minimum Gasteiger partial charge on any atom is -0.325 e. The topological polar surface area (TPSA) is 65.8 Å². The molecule has 0 radical (unpaired) electrons. The second-order valence-corrected chi connectivity index (χ2v) is 7.98. The Kier molecular flexibility index (Phi) is 5.59. The largest absolute Gasteiger partial charge is 0.325 e. The third-order valence-electron chi connectivity index (χ3n) is 5.01. The normalized spacial score (nSPS) is 13.4. The molecule has 4 nitrogen and oxygen atoms in total. The van der Waals surface area contributed by atoms with Crippen LogP contribution < -0.4 is 5.32 Å². The Morgan fingerprint density at radius 1 is 1.07 bits per heavy atom. The van der Waals surface area contributed by atoms with Crippen LogP contribution in [0.25, 0.3) is 10.8 Å². The van der Waals surface area contributed by atoms with Crippen molar-refractivity contribution in [2.24, 2.45) is 0 Å². The Balaban J connectivity index is 1.45. The van der Waals surface area contributed by atoms with Gasteiger partial charge in [-0.25, -0.2) is 4.98 Å². The number of aryl methyl sites for hydroxylation is 2. The zero-order valence-corrected chi connectivity index (χ0v) is 16.4. The van der Waals surface area contributed by atoms with Gasteiger partial charge in [0, 0.05) is 11.4 Å². The average molecular weight is 388 g/mol. The highest BCUT2D eigenvalue weighted by molar-refractivity contribution is 8.00. The lowest BCUT2D eigenvalue weighted by Gasteiger charge is -2.10. The molecule has 1 aromatic heterocycles. The molecule has 0 aliphatic heterocycles. The molecule has 0 unspecified atom stereocenters. The molecule has 0 saturated carbocycles. The molecule has 1 heterocycles. The average Bonchev–Trinajstić information content (AvgIpc) is 2.96. The van der Waals surface area contributed by atoms with E-state index in [1.807, 2.05) is 48.5 Å². The van der Waals surface area contributed by atoms with Gasteiger partial charge in [0.15, 0.2) is 0 Å². The minimum absolute atomic E-state index is 0.0964. The molecule has 5 heteroatoms. The van der Waals surface area contributed by atoms with Crippen LogP contribution in [0.1, 0.15) is 36.1 Å². The van der Waals surface area contributed by atoms with Crippen LogP contribution in [0, 0.1) is 11.3 Å². The van der Waals surface area contributed by atoms with Crippen molar-refractivity contribution >= 4 is 34.1 Å². The number of pyridine rings is 1. The van der Waals surface area contributed by atoms with Crippen molar-refractivity contribution in [3.8, 4) is 6.07 Å². The Morgan fingerprint density at radius 2 is 1.89 bits per heavy atom. The summed E-state index contributed by atoms with van der Waals surface area (Å²) >= 11 is 1.34. The summed E-state index contributed by atoms with van der Waals surface area (Å²) in [4.78, 5) is 17.1. The number of fused-ring (bicyclic) bond motifs is 2. The standard InChI is InChI=1S/C23H21N3OS/c24-14-19-12-18-8-2-1-3-9-21(18)26-23(19)28-15-22(27)25-20-11-10-16-6-4-5-7-17(16)13-20/h4-7,10-13H,1-3,8-9,15H2,(H,25,27). The van der Waals surface area contributed by atoms with Gasteiger partial charge in [-0.3, -0.25) is 4.79 Å². The number of nitrogens with zero attached hydrogens (tertiary/aromatic N) is 2. The summed E-state index contributed by atoms with van der Waals surface area (Å²) in [7, 11) is 0. The first-order valence-corrected chi connectivity index (χ1v) is 10.6. The molecular formula is C23H21N3OS. The molecule has 1 aliphatic carbocycles. The molecule has 0 atom stereocenters. The summed E-state index contributed by atoms with van der Waals surface area (Å²) in [5.41, 5.74) is 3.64. The lowest BCUT2D eigenvalue weighted by molar-refractivity contribution is -0.113. The van der Waals surface area contributed by atoms with Crippen LogP contribution in [-0.4, -0.2) is 16.6 Å². The van der Waals surface area contributed by atoms with E-state index in [1.54, 1.807) is 0 Å². The number of nitriles is 1. The number of carbonyl (C=O) groups excluding carboxylic acids is 1. The van der Waals surface area contributed by atoms with E-state index in [9.17, 15) is 10.1 Å². The van der Waals surface area contributed by atoms with Crippen LogP contribution in [0.3, 0.4) is 0 Å². The number of amides is 1. The van der Waals surface area contributed by atoms with Crippen LogP contribution >= 0.6 is 11.8 Å². The maximum absolute atomic E-state index is 12.4. The highest BCUT2D eigenvalue weighted by Crippen LogP contribution is 2.27. The van der Waals surface area contributed by atoms with Crippen molar-refractivity contribution in [3.63, 3.8) is 0 Å². The predicted octanol–water partition coefficient (Wildman–Crippen LogP) is 5.11. The molecule has 0 spiro atoms. The number of thioether (sulfide) groups is 1. The van der Waals surface area contributed by atoms with Crippen molar-refractivity contribution in [1.82, 2.24) is 4.98 Å². The van der Waals surface area contributed by atoms with Gasteiger partial charge in [0.1, 0.15) is 11.1 Å². The zero-order valence-electron chi connectivity index (χ0n) is 15.6. The minimum atomic E-state index is -0.0964. The van der Waals surface area contributed by atoms with Gasteiger partial charge in [-0.1, -0.05) is 48.5 Å². The van der Waals surface area contributed by atoms with E-state index < -0.39 is 0 Å². The van der Waals surface area contributed by atoms with Gasteiger partial charge in [-0.05, 0) is 60.2 Å². The number of benzene rings is 2. The highest BCUT2D eigenvalue weighted by Gasteiger charge is 2.15. The van der Waals surface area contributed by atoms with Crippen LogP contribution in [0.15, 0.2) is 53.6 Å². The van der Waals surface area contributed by atoms with Crippen molar-refractivity contribution in [1.29, 1.82) is 5.26 Å². The van der Waals surface area contributed by atoms with Crippen LogP contribution in [0.2, 0.25) is 0 Å². The summed E-state index contributed by atoms with van der Waals surface area (Å²) in [6.45, 7) is 0. The fourth-order valence-corrected chi connectivity index (χ4v) is 4.35. The number of hydrogen-bond acceptors (Lipinski definition) is 4.